The molecular formula is C28H29Cl2NO7. The maximum atomic E-state index is 12.9. The number of ether oxygens (including phenoxy) is 5. The number of benzene rings is 3. The van der Waals surface area contributed by atoms with Gasteiger partial charge in [0.15, 0.2) is 13.6 Å². The third-order valence-electron chi connectivity index (χ3n) is 5.40. The monoisotopic (exact) mass is 561 g/mol. The number of rotatable bonds is 13. The van der Waals surface area contributed by atoms with E-state index in [4.69, 9.17) is 46.9 Å². The van der Waals surface area contributed by atoms with Crippen LogP contribution in [0.3, 0.4) is 0 Å². The molecule has 3 rings (SSSR count). The molecule has 10 heteroatoms. The van der Waals surface area contributed by atoms with Gasteiger partial charge in [-0.15, -0.1) is 0 Å². The molecule has 0 spiro atoms. The SMILES string of the molecule is CCOC(=O)[C@H](Cc1ccc(-c2c(OCOC)cccc2OCOC)cc1)NC(=O)c1c(Cl)cccc1Cl. The van der Waals surface area contributed by atoms with Crippen molar-refractivity contribution in [2.45, 2.75) is 19.4 Å². The minimum absolute atomic E-state index is 0.0647. The van der Waals surface area contributed by atoms with Crippen molar-refractivity contribution in [3.63, 3.8) is 0 Å². The van der Waals surface area contributed by atoms with Crippen LogP contribution in [0.15, 0.2) is 60.7 Å². The second-order valence-corrected chi connectivity index (χ2v) is 8.82. The average molecular weight is 562 g/mol. The molecule has 0 unspecified atom stereocenters. The highest BCUT2D eigenvalue weighted by Gasteiger charge is 2.25. The Morgan fingerprint density at radius 3 is 1.92 bits per heavy atom. The summed E-state index contributed by atoms with van der Waals surface area (Å²) in [5.74, 6) is 0.00376. The molecule has 0 heterocycles. The first-order valence-electron chi connectivity index (χ1n) is 11.8. The van der Waals surface area contributed by atoms with Crippen LogP contribution in [0.4, 0.5) is 0 Å². The van der Waals surface area contributed by atoms with Gasteiger partial charge in [0.2, 0.25) is 0 Å². The number of methoxy groups -OCH3 is 2. The van der Waals surface area contributed by atoms with Crippen LogP contribution in [0.2, 0.25) is 10.0 Å². The standard InChI is InChI=1S/C28H29Cl2NO7/c1-4-36-28(33)22(31-27(32)26-20(29)7-5-8-21(26)30)15-18-11-13-19(14-12-18)25-23(37-16-34-2)9-6-10-24(25)38-17-35-3/h5-14,22H,4,15-17H2,1-3H3,(H,31,32)/t22-/m0/s1. The topological polar surface area (TPSA) is 92.3 Å². The lowest BCUT2D eigenvalue weighted by atomic mass is 9.99. The van der Waals surface area contributed by atoms with Gasteiger partial charge in [-0.3, -0.25) is 4.79 Å². The zero-order valence-electron chi connectivity index (χ0n) is 21.3. The van der Waals surface area contributed by atoms with E-state index >= 15 is 0 Å². The van der Waals surface area contributed by atoms with E-state index in [1.54, 1.807) is 25.1 Å². The van der Waals surface area contributed by atoms with Gasteiger partial charge < -0.3 is 29.0 Å². The predicted molar refractivity (Wildman–Crippen MR) is 145 cm³/mol. The van der Waals surface area contributed by atoms with Crippen LogP contribution in [0.1, 0.15) is 22.8 Å². The van der Waals surface area contributed by atoms with Gasteiger partial charge in [-0.2, -0.15) is 0 Å². The number of hydrogen-bond acceptors (Lipinski definition) is 7. The Hall–Kier alpha value is -3.30. The lowest BCUT2D eigenvalue weighted by Crippen LogP contribution is -2.43. The molecule has 1 atom stereocenters. The van der Waals surface area contributed by atoms with Crippen molar-refractivity contribution in [2.75, 3.05) is 34.4 Å². The minimum Gasteiger partial charge on any atom is -0.467 e. The summed E-state index contributed by atoms with van der Waals surface area (Å²) in [6, 6.07) is 16.7. The van der Waals surface area contributed by atoms with E-state index in [2.05, 4.69) is 5.32 Å². The summed E-state index contributed by atoms with van der Waals surface area (Å²) in [6.07, 6.45) is 0.182. The second-order valence-electron chi connectivity index (χ2n) is 8.01. The van der Waals surface area contributed by atoms with Crippen LogP contribution < -0.4 is 14.8 Å². The van der Waals surface area contributed by atoms with Gasteiger partial charge in [-0.1, -0.05) is 59.6 Å². The average Bonchev–Trinajstić information content (AvgIpc) is 2.91. The van der Waals surface area contributed by atoms with Crippen molar-refractivity contribution in [1.29, 1.82) is 0 Å². The molecule has 1 amide bonds. The quantitative estimate of drug-likeness (QED) is 0.216. The van der Waals surface area contributed by atoms with Gasteiger partial charge >= 0.3 is 5.97 Å². The summed E-state index contributed by atoms with van der Waals surface area (Å²) in [5, 5.41) is 3.08. The van der Waals surface area contributed by atoms with Crippen LogP contribution in [0.5, 0.6) is 11.5 Å². The third-order valence-corrected chi connectivity index (χ3v) is 6.03. The lowest BCUT2D eigenvalue weighted by molar-refractivity contribution is -0.145. The molecule has 0 radical (unpaired) electrons. The van der Waals surface area contributed by atoms with E-state index in [-0.39, 0.29) is 42.2 Å². The van der Waals surface area contributed by atoms with Gasteiger partial charge in [0.1, 0.15) is 17.5 Å². The molecule has 3 aromatic rings. The van der Waals surface area contributed by atoms with Crippen LogP contribution >= 0.6 is 23.2 Å². The molecule has 0 saturated heterocycles. The van der Waals surface area contributed by atoms with Crippen molar-refractivity contribution >= 4 is 35.1 Å². The summed E-state index contributed by atoms with van der Waals surface area (Å²) >= 11 is 12.4. The number of hydrogen-bond donors (Lipinski definition) is 1. The summed E-state index contributed by atoms with van der Waals surface area (Å²) in [4.78, 5) is 25.6. The fourth-order valence-electron chi connectivity index (χ4n) is 3.71. The molecule has 0 fully saturated rings. The summed E-state index contributed by atoms with van der Waals surface area (Å²) < 4.78 is 26.8. The van der Waals surface area contributed by atoms with Crippen LogP contribution in [0, 0.1) is 0 Å². The Balaban J connectivity index is 1.87. The molecule has 0 aromatic heterocycles. The molecule has 3 aromatic carbocycles. The lowest BCUT2D eigenvalue weighted by Gasteiger charge is -2.19. The van der Waals surface area contributed by atoms with Gasteiger partial charge in [0, 0.05) is 20.6 Å². The fourth-order valence-corrected chi connectivity index (χ4v) is 4.27. The number of halogens is 2. The second kappa shape index (κ2) is 14.6. The zero-order valence-corrected chi connectivity index (χ0v) is 22.8. The number of carbonyl (C=O) groups excluding carboxylic acids is 2. The largest absolute Gasteiger partial charge is 0.467 e. The molecule has 8 nitrogen and oxygen atoms in total. The van der Waals surface area contributed by atoms with E-state index < -0.39 is 17.9 Å². The predicted octanol–water partition coefficient (Wildman–Crippen LogP) is 5.53. The Bertz CT molecular complexity index is 1190. The maximum absolute atomic E-state index is 12.9. The molecular weight excluding hydrogens is 533 g/mol. The van der Waals surface area contributed by atoms with Crippen molar-refractivity contribution < 1.29 is 33.3 Å². The fraction of sp³-hybridized carbons (Fsp3) is 0.286. The molecule has 0 bridgehead atoms. The number of nitrogens with one attached hydrogen (secondary N) is 1. The van der Waals surface area contributed by atoms with E-state index in [9.17, 15) is 9.59 Å². The Morgan fingerprint density at radius 1 is 0.842 bits per heavy atom. The molecule has 0 aliphatic rings. The van der Waals surface area contributed by atoms with Crippen LogP contribution in [0.25, 0.3) is 11.1 Å². The first-order chi connectivity index (χ1) is 18.4. The van der Waals surface area contributed by atoms with E-state index in [1.165, 1.54) is 14.2 Å². The summed E-state index contributed by atoms with van der Waals surface area (Å²) in [7, 11) is 3.08. The van der Waals surface area contributed by atoms with Crippen molar-refractivity contribution in [3.05, 3.63) is 81.8 Å². The molecule has 1 N–H and O–H groups in total. The van der Waals surface area contributed by atoms with Gasteiger partial charge in [-0.05, 0) is 42.3 Å². The van der Waals surface area contributed by atoms with Crippen molar-refractivity contribution in [3.8, 4) is 22.6 Å². The van der Waals surface area contributed by atoms with E-state index in [0.717, 1.165) is 16.7 Å². The highest BCUT2D eigenvalue weighted by atomic mass is 35.5. The summed E-state index contributed by atoms with van der Waals surface area (Å²) in [6.45, 7) is 1.99. The van der Waals surface area contributed by atoms with Crippen LogP contribution in [-0.2, 0) is 25.4 Å². The Labute approximate surface area is 231 Å². The van der Waals surface area contributed by atoms with Crippen molar-refractivity contribution in [2.24, 2.45) is 0 Å². The summed E-state index contributed by atoms with van der Waals surface area (Å²) in [5.41, 5.74) is 2.41. The highest BCUT2D eigenvalue weighted by Crippen LogP contribution is 2.38. The first kappa shape index (κ1) is 29.3. The Kier molecular flexibility index (Phi) is 11.2. The third kappa shape index (κ3) is 7.61. The van der Waals surface area contributed by atoms with Gasteiger partial charge in [0.25, 0.3) is 5.91 Å². The maximum Gasteiger partial charge on any atom is 0.328 e. The van der Waals surface area contributed by atoms with Crippen molar-refractivity contribution in [1.82, 2.24) is 5.32 Å². The molecule has 202 valence electrons. The Morgan fingerprint density at radius 2 is 1.39 bits per heavy atom. The van der Waals surface area contributed by atoms with E-state index in [1.807, 2.05) is 42.5 Å². The number of amides is 1. The molecule has 0 saturated carbocycles. The highest BCUT2D eigenvalue weighted by molar-refractivity contribution is 6.39. The smallest absolute Gasteiger partial charge is 0.328 e. The van der Waals surface area contributed by atoms with Gasteiger partial charge in [0.05, 0.1) is 27.8 Å². The molecule has 0 aliphatic heterocycles. The van der Waals surface area contributed by atoms with E-state index in [0.29, 0.717) is 11.5 Å². The number of esters is 1. The van der Waals surface area contributed by atoms with Gasteiger partial charge in [-0.25, -0.2) is 4.79 Å². The van der Waals surface area contributed by atoms with Crippen LogP contribution in [-0.4, -0.2) is 52.3 Å². The zero-order chi connectivity index (χ0) is 27.5. The number of carbonyl (C=O) groups is 2. The normalized spacial score (nSPS) is 11.5. The first-order valence-corrected chi connectivity index (χ1v) is 12.5. The molecule has 0 aliphatic carbocycles. The molecule has 38 heavy (non-hydrogen) atoms. The minimum atomic E-state index is -0.960.